The number of aryl methyl sites for hydroxylation is 1. The average Bonchev–Trinajstić information content (AvgIpc) is 2.95. The fourth-order valence-corrected chi connectivity index (χ4v) is 2.63. The Balaban J connectivity index is 2.01. The summed E-state index contributed by atoms with van der Waals surface area (Å²) in [5.41, 5.74) is 1.64. The van der Waals surface area contributed by atoms with Gasteiger partial charge in [0.2, 0.25) is 11.7 Å². The van der Waals surface area contributed by atoms with Crippen LogP contribution >= 0.6 is 11.3 Å². The zero-order valence-electron chi connectivity index (χ0n) is 12.0. The van der Waals surface area contributed by atoms with E-state index in [1.807, 2.05) is 31.2 Å². The third-order valence-electron chi connectivity index (χ3n) is 3.03. The number of anilines is 1. The number of aromatic nitrogens is 1. The van der Waals surface area contributed by atoms with Gasteiger partial charge in [-0.2, -0.15) is 0 Å². The van der Waals surface area contributed by atoms with Gasteiger partial charge in [0.05, 0.1) is 11.1 Å². The largest absolute Gasteiger partial charge is 0.361 e. The first kappa shape index (κ1) is 15.2. The second-order valence-corrected chi connectivity index (χ2v) is 5.55. The van der Waals surface area contributed by atoms with Crippen molar-refractivity contribution in [2.24, 2.45) is 0 Å². The molecule has 2 rings (SSSR count). The van der Waals surface area contributed by atoms with Crippen molar-refractivity contribution in [3.05, 3.63) is 46.5 Å². The van der Waals surface area contributed by atoms with Gasteiger partial charge in [-0.25, -0.2) is 4.98 Å². The lowest BCUT2D eigenvalue weighted by atomic mass is 10.0. The number of rotatable bonds is 6. The summed E-state index contributed by atoms with van der Waals surface area (Å²) < 4.78 is 0. The second-order valence-electron chi connectivity index (χ2n) is 4.52. The van der Waals surface area contributed by atoms with E-state index in [0.29, 0.717) is 28.5 Å². The van der Waals surface area contributed by atoms with Crippen molar-refractivity contribution in [2.45, 2.75) is 13.3 Å². The molecule has 0 bridgehead atoms. The highest BCUT2D eigenvalue weighted by Gasteiger charge is 2.14. The first-order valence-electron chi connectivity index (χ1n) is 6.62. The standard InChI is InChI=1S/C15H17N3O2S/c1-10-5-3-4-6-11(10)14(20)12-9-18-15(21-12)17-8-7-13(19)16-2/h3-6,9H,7-8H2,1-2H3,(H,16,19)(H,17,18). The van der Waals surface area contributed by atoms with E-state index in [4.69, 9.17) is 0 Å². The molecule has 0 aliphatic heterocycles. The van der Waals surface area contributed by atoms with Gasteiger partial charge in [-0.15, -0.1) is 0 Å². The third kappa shape index (κ3) is 3.88. The number of nitrogens with zero attached hydrogens (tertiary/aromatic N) is 1. The summed E-state index contributed by atoms with van der Waals surface area (Å²) in [7, 11) is 1.60. The summed E-state index contributed by atoms with van der Waals surface area (Å²) in [6.07, 6.45) is 1.94. The molecule has 1 amide bonds. The van der Waals surface area contributed by atoms with Crippen molar-refractivity contribution >= 4 is 28.2 Å². The van der Waals surface area contributed by atoms with Crippen molar-refractivity contribution in [3.63, 3.8) is 0 Å². The normalized spacial score (nSPS) is 10.2. The maximum absolute atomic E-state index is 12.4. The molecule has 1 aromatic heterocycles. The van der Waals surface area contributed by atoms with Gasteiger partial charge in [0.15, 0.2) is 5.13 Å². The lowest BCUT2D eigenvalue weighted by molar-refractivity contribution is -0.120. The smallest absolute Gasteiger partial charge is 0.221 e. The molecule has 2 aromatic rings. The molecule has 1 heterocycles. The van der Waals surface area contributed by atoms with E-state index in [-0.39, 0.29) is 11.7 Å². The number of hydrogen-bond acceptors (Lipinski definition) is 5. The molecule has 0 fully saturated rings. The zero-order chi connectivity index (χ0) is 15.2. The summed E-state index contributed by atoms with van der Waals surface area (Å²) in [5.74, 6) is -0.0554. The number of benzene rings is 1. The molecule has 1 aromatic carbocycles. The topological polar surface area (TPSA) is 71.1 Å². The van der Waals surface area contributed by atoms with Crippen LogP contribution in [0.25, 0.3) is 0 Å². The van der Waals surface area contributed by atoms with Crippen LogP contribution in [0.4, 0.5) is 5.13 Å². The molecule has 0 saturated heterocycles. The van der Waals surface area contributed by atoms with E-state index in [0.717, 1.165) is 5.56 Å². The fraction of sp³-hybridized carbons (Fsp3) is 0.267. The predicted molar refractivity (Wildman–Crippen MR) is 83.9 cm³/mol. The molecule has 21 heavy (non-hydrogen) atoms. The molecule has 0 spiro atoms. The van der Waals surface area contributed by atoms with Gasteiger partial charge in [-0.3, -0.25) is 9.59 Å². The highest BCUT2D eigenvalue weighted by atomic mass is 32.1. The Kier molecular flexibility index (Phi) is 5.05. The van der Waals surface area contributed by atoms with Gasteiger partial charge >= 0.3 is 0 Å². The predicted octanol–water partition coefficient (Wildman–Crippen LogP) is 2.23. The fourth-order valence-electron chi connectivity index (χ4n) is 1.83. The maximum Gasteiger partial charge on any atom is 0.221 e. The number of nitrogens with one attached hydrogen (secondary N) is 2. The van der Waals surface area contributed by atoms with Crippen molar-refractivity contribution in [1.29, 1.82) is 0 Å². The van der Waals surface area contributed by atoms with Gasteiger partial charge in [-0.1, -0.05) is 35.6 Å². The number of ketones is 1. The molecular formula is C15H17N3O2S. The minimum absolute atomic E-state index is 0.0232. The third-order valence-corrected chi connectivity index (χ3v) is 3.98. The van der Waals surface area contributed by atoms with E-state index in [1.165, 1.54) is 11.3 Å². The first-order chi connectivity index (χ1) is 10.1. The molecule has 0 saturated carbocycles. The van der Waals surface area contributed by atoms with Gasteiger partial charge in [0, 0.05) is 25.6 Å². The summed E-state index contributed by atoms with van der Waals surface area (Å²) >= 11 is 1.30. The number of hydrogen-bond donors (Lipinski definition) is 2. The van der Waals surface area contributed by atoms with Crippen LogP contribution in [0, 0.1) is 6.92 Å². The van der Waals surface area contributed by atoms with Crippen LogP contribution < -0.4 is 10.6 Å². The van der Waals surface area contributed by atoms with Crippen LogP contribution in [0.2, 0.25) is 0 Å². The maximum atomic E-state index is 12.4. The van der Waals surface area contributed by atoms with Crippen LogP contribution in [0.3, 0.4) is 0 Å². The molecule has 6 heteroatoms. The van der Waals surface area contributed by atoms with Crippen LogP contribution in [-0.2, 0) is 4.79 Å². The van der Waals surface area contributed by atoms with Crippen LogP contribution in [0.15, 0.2) is 30.5 Å². The lowest BCUT2D eigenvalue weighted by Gasteiger charge is -2.02. The Morgan fingerprint density at radius 2 is 2.05 bits per heavy atom. The molecular weight excluding hydrogens is 286 g/mol. The van der Waals surface area contributed by atoms with E-state index in [9.17, 15) is 9.59 Å². The van der Waals surface area contributed by atoms with Crippen LogP contribution in [-0.4, -0.2) is 30.3 Å². The van der Waals surface area contributed by atoms with Gasteiger partial charge in [0.1, 0.15) is 0 Å². The molecule has 2 N–H and O–H groups in total. The number of amides is 1. The lowest BCUT2D eigenvalue weighted by Crippen LogP contribution is -2.20. The summed E-state index contributed by atoms with van der Waals surface area (Å²) in [4.78, 5) is 28.3. The highest BCUT2D eigenvalue weighted by Crippen LogP contribution is 2.22. The summed E-state index contributed by atoms with van der Waals surface area (Å²) in [6.45, 7) is 2.40. The highest BCUT2D eigenvalue weighted by molar-refractivity contribution is 7.17. The first-order valence-corrected chi connectivity index (χ1v) is 7.44. The molecule has 0 unspecified atom stereocenters. The minimum Gasteiger partial charge on any atom is -0.361 e. The Hall–Kier alpha value is -2.21. The van der Waals surface area contributed by atoms with Crippen LogP contribution in [0.5, 0.6) is 0 Å². The Morgan fingerprint density at radius 1 is 1.29 bits per heavy atom. The number of thiazole rings is 1. The Labute approximate surface area is 127 Å². The molecule has 110 valence electrons. The molecule has 5 nitrogen and oxygen atoms in total. The Bertz CT molecular complexity index is 652. The molecule has 0 radical (unpaired) electrons. The summed E-state index contributed by atoms with van der Waals surface area (Å²) in [6, 6.07) is 7.49. The van der Waals surface area contributed by atoms with Gasteiger partial charge < -0.3 is 10.6 Å². The SMILES string of the molecule is CNC(=O)CCNc1ncc(C(=O)c2ccccc2C)s1. The quantitative estimate of drug-likeness (QED) is 0.803. The van der Waals surface area contributed by atoms with Crippen molar-refractivity contribution in [1.82, 2.24) is 10.3 Å². The average molecular weight is 303 g/mol. The zero-order valence-corrected chi connectivity index (χ0v) is 12.8. The number of carbonyl (C=O) groups is 2. The summed E-state index contributed by atoms with van der Waals surface area (Å²) in [5, 5.41) is 6.25. The van der Waals surface area contributed by atoms with Crippen LogP contribution in [0.1, 0.15) is 27.2 Å². The second kappa shape index (κ2) is 6.99. The Morgan fingerprint density at radius 3 is 2.76 bits per heavy atom. The van der Waals surface area contributed by atoms with E-state index in [1.54, 1.807) is 13.2 Å². The van der Waals surface area contributed by atoms with Crippen molar-refractivity contribution in [3.8, 4) is 0 Å². The number of carbonyl (C=O) groups excluding carboxylic acids is 2. The van der Waals surface area contributed by atoms with Crippen molar-refractivity contribution < 1.29 is 9.59 Å². The van der Waals surface area contributed by atoms with Crippen molar-refractivity contribution in [2.75, 3.05) is 18.9 Å². The van der Waals surface area contributed by atoms with E-state index >= 15 is 0 Å². The van der Waals surface area contributed by atoms with E-state index < -0.39 is 0 Å². The van der Waals surface area contributed by atoms with E-state index in [2.05, 4.69) is 15.6 Å². The molecule has 0 aliphatic rings. The van der Waals surface area contributed by atoms with Gasteiger partial charge in [-0.05, 0) is 12.5 Å². The minimum atomic E-state index is -0.0322. The molecule has 0 atom stereocenters. The van der Waals surface area contributed by atoms with Gasteiger partial charge in [0.25, 0.3) is 0 Å². The monoisotopic (exact) mass is 303 g/mol. The molecule has 0 aliphatic carbocycles.